The molecule has 0 atom stereocenters. The fraction of sp³-hybridized carbons (Fsp3) is 0. The van der Waals surface area contributed by atoms with Gasteiger partial charge >= 0.3 is 0 Å². The largest absolute Gasteiger partial charge is 0.295 e. The van der Waals surface area contributed by atoms with Crippen molar-refractivity contribution in [2.24, 2.45) is 0 Å². The molecule has 0 amide bonds. The van der Waals surface area contributed by atoms with Gasteiger partial charge in [-0.15, -0.1) is 0 Å². The number of hydrogen-bond donors (Lipinski definition) is 0. The zero-order chi connectivity index (χ0) is 27.8. The summed E-state index contributed by atoms with van der Waals surface area (Å²) >= 11 is 8.91. The van der Waals surface area contributed by atoms with Gasteiger partial charge in [-0.05, 0) is 70.8 Å². The molecule has 42 heavy (non-hydrogen) atoms. The van der Waals surface area contributed by atoms with Crippen LogP contribution in [0.3, 0.4) is 0 Å². The molecule has 6 aromatic carbocycles. The summed E-state index contributed by atoms with van der Waals surface area (Å²) in [5.41, 5.74) is 10.5. The first-order valence-corrected chi connectivity index (χ1v) is 15.3. The fourth-order valence-electron chi connectivity index (χ4n) is 6.57. The van der Waals surface area contributed by atoms with E-state index in [1.54, 1.807) is 0 Å². The lowest BCUT2D eigenvalue weighted by molar-refractivity contribution is 1.03. The number of benzene rings is 6. The van der Waals surface area contributed by atoms with Crippen LogP contribution in [-0.4, -0.2) is 9.13 Å². The number of aromatic nitrogens is 2. The van der Waals surface area contributed by atoms with Crippen molar-refractivity contribution >= 4 is 56.2 Å². The molecule has 0 unspecified atom stereocenters. The Morgan fingerprint density at radius 2 is 1.14 bits per heavy atom. The van der Waals surface area contributed by atoms with Crippen LogP contribution in [-0.2, 0) is 0 Å². The number of hydrogen-bond acceptors (Lipinski definition) is 1. The predicted octanol–water partition coefficient (Wildman–Crippen LogP) is 11.2. The molecule has 1 aliphatic heterocycles. The summed E-state index contributed by atoms with van der Waals surface area (Å²) in [7, 11) is 0. The lowest BCUT2D eigenvalue weighted by Crippen LogP contribution is -2.05. The van der Waals surface area contributed by atoms with Gasteiger partial charge in [0.1, 0.15) is 5.65 Å². The van der Waals surface area contributed by atoms with Crippen LogP contribution in [0.5, 0.6) is 0 Å². The van der Waals surface area contributed by atoms with E-state index in [1.807, 2.05) is 17.8 Å². The summed E-state index contributed by atoms with van der Waals surface area (Å²) in [6.45, 7) is 0. The molecule has 0 aliphatic carbocycles. The van der Waals surface area contributed by atoms with Crippen LogP contribution in [0.2, 0.25) is 5.02 Å². The van der Waals surface area contributed by atoms with Crippen LogP contribution in [0.15, 0.2) is 149 Å². The number of fused-ring (bicyclic) bond motifs is 7. The van der Waals surface area contributed by atoms with Crippen molar-refractivity contribution in [2.75, 3.05) is 0 Å². The van der Waals surface area contributed by atoms with E-state index in [2.05, 4.69) is 143 Å². The second-order valence-electron chi connectivity index (χ2n) is 10.7. The van der Waals surface area contributed by atoms with Gasteiger partial charge in [0.15, 0.2) is 0 Å². The van der Waals surface area contributed by atoms with Crippen LogP contribution >= 0.6 is 23.4 Å². The standard InChI is InChI=1S/C38H23ClN2S/c39-30-16-10-18-32-36(30)35-29-15-9-20-34-37(29)41(31-17-7-8-19-33(31)42-34)38(35)40(32)28-22-26(24-11-3-1-4-12-24)21-27(23-28)25-13-5-2-6-14-25/h1-23H. The highest BCUT2D eigenvalue weighted by atomic mass is 35.5. The molecule has 0 fully saturated rings. The average Bonchev–Trinajstić information content (AvgIpc) is 3.56. The maximum Gasteiger partial charge on any atom is 0.131 e. The minimum atomic E-state index is 0.767. The van der Waals surface area contributed by atoms with Crippen LogP contribution in [0.25, 0.3) is 66.5 Å². The topological polar surface area (TPSA) is 9.86 Å². The first-order valence-electron chi connectivity index (χ1n) is 14.1. The molecule has 0 N–H and O–H groups in total. The lowest BCUT2D eigenvalue weighted by atomic mass is 9.98. The van der Waals surface area contributed by atoms with E-state index in [4.69, 9.17) is 11.6 Å². The van der Waals surface area contributed by atoms with E-state index >= 15 is 0 Å². The molecule has 2 aromatic heterocycles. The molecule has 8 aromatic rings. The zero-order valence-corrected chi connectivity index (χ0v) is 24.0. The molecule has 3 heterocycles. The van der Waals surface area contributed by atoms with Crippen LogP contribution in [0.4, 0.5) is 0 Å². The van der Waals surface area contributed by atoms with E-state index in [9.17, 15) is 0 Å². The van der Waals surface area contributed by atoms with Gasteiger partial charge in [0.05, 0.1) is 21.7 Å². The highest BCUT2D eigenvalue weighted by Crippen LogP contribution is 2.50. The first kappa shape index (κ1) is 24.0. The third kappa shape index (κ3) is 3.41. The van der Waals surface area contributed by atoms with Gasteiger partial charge in [0.2, 0.25) is 0 Å². The van der Waals surface area contributed by atoms with Crippen molar-refractivity contribution in [3.63, 3.8) is 0 Å². The summed E-state index contributed by atoms with van der Waals surface area (Å²) in [5, 5.41) is 4.27. The molecular formula is C38H23ClN2S. The smallest absolute Gasteiger partial charge is 0.131 e. The van der Waals surface area contributed by atoms with Gasteiger partial charge in [-0.25, -0.2) is 0 Å². The van der Waals surface area contributed by atoms with Crippen molar-refractivity contribution < 1.29 is 0 Å². The molecular weight excluding hydrogens is 552 g/mol. The van der Waals surface area contributed by atoms with Gasteiger partial charge < -0.3 is 0 Å². The third-order valence-electron chi connectivity index (χ3n) is 8.34. The second kappa shape index (κ2) is 9.15. The van der Waals surface area contributed by atoms with Crippen molar-refractivity contribution in [3.8, 4) is 33.6 Å². The minimum Gasteiger partial charge on any atom is -0.295 e. The van der Waals surface area contributed by atoms with Gasteiger partial charge in [-0.1, -0.05) is 114 Å². The molecule has 198 valence electrons. The van der Waals surface area contributed by atoms with E-state index in [0.29, 0.717) is 0 Å². The minimum absolute atomic E-state index is 0.767. The summed E-state index contributed by atoms with van der Waals surface area (Å²) in [4.78, 5) is 2.51. The molecule has 0 saturated carbocycles. The number of rotatable bonds is 3. The molecule has 0 radical (unpaired) electrons. The SMILES string of the molecule is Clc1cccc2c1c1c3cccc4c3n(c1n2-c1cc(-c2ccccc2)cc(-c2ccccc2)c1)-c1ccccc1S4. The zero-order valence-electron chi connectivity index (χ0n) is 22.5. The van der Waals surface area contributed by atoms with Crippen molar-refractivity contribution in [1.29, 1.82) is 0 Å². The number of para-hydroxylation sites is 2. The van der Waals surface area contributed by atoms with Crippen molar-refractivity contribution in [2.45, 2.75) is 9.79 Å². The molecule has 4 heteroatoms. The van der Waals surface area contributed by atoms with Crippen molar-refractivity contribution in [3.05, 3.63) is 145 Å². The van der Waals surface area contributed by atoms with E-state index in [1.165, 1.54) is 54.0 Å². The third-order valence-corrected chi connectivity index (χ3v) is 9.77. The van der Waals surface area contributed by atoms with Crippen molar-refractivity contribution in [1.82, 2.24) is 9.13 Å². The summed E-state index contributed by atoms with van der Waals surface area (Å²) in [6.07, 6.45) is 0. The van der Waals surface area contributed by atoms with Crippen LogP contribution in [0.1, 0.15) is 0 Å². The molecule has 0 saturated heterocycles. The van der Waals surface area contributed by atoms with Gasteiger partial charge in [-0.3, -0.25) is 9.13 Å². The highest BCUT2D eigenvalue weighted by Gasteiger charge is 2.28. The summed E-state index contributed by atoms with van der Waals surface area (Å²) < 4.78 is 4.88. The summed E-state index contributed by atoms with van der Waals surface area (Å²) in [5.74, 6) is 0. The van der Waals surface area contributed by atoms with Crippen LogP contribution < -0.4 is 0 Å². The van der Waals surface area contributed by atoms with E-state index in [-0.39, 0.29) is 0 Å². The lowest BCUT2D eigenvalue weighted by Gasteiger charge is -2.21. The van der Waals surface area contributed by atoms with Crippen LogP contribution in [0, 0.1) is 0 Å². The molecule has 1 aliphatic rings. The molecule has 9 rings (SSSR count). The Hall–Kier alpha value is -4.70. The summed E-state index contributed by atoms with van der Waals surface area (Å²) in [6, 6.07) is 49.9. The van der Waals surface area contributed by atoms with Gasteiger partial charge in [0.25, 0.3) is 0 Å². The monoisotopic (exact) mass is 574 g/mol. The Kier molecular flexibility index (Phi) is 5.22. The highest BCUT2D eigenvalue weighted by molar-refractivity contribution is 7.99. The Morgan fingerprint density at radius 3 is 1.88 bits per heavy atom. The quantitative estimate of drug-likeness (QED) is 0.204. The average molecular weight is 575 g/mol. The number of halogens is 1. The molecule has 0 spiro atoms. The molecule has 0 bridgehead atoms. The Morgan fingerprint density at radius 1 is 0.500 bits per heavy atom. The first-order chi connectivity index (χ1) is 20.8. The van der Waals surface area contributed by atoms with Gasteiger partial charge in [-0.2, -0.15) is 0 Å². The fourth-order valence-corrected chi connectivity index (χ4v) is 7.93. The Bertz CT molecular complexity index is 2270. The van der Waals surface area contributed by atoms with E-state index in [0.717, 1.165) is 27.3 Å². The Labute approximate surface area is 252 Å². The second-order valence-corrected chi connectivity index (χ2v) is 12.2. The molecule has 2 nitrogen and oxygen atoms in total. The maximum atomic E-state index is 7.07. The van der Waals surface area contributed by atoms with Gasteiger partial charge in [0, 0.05) is 31.6 Å². The number of nitrogens with zero attached hydrogens (tertiary/aromatic N) is 2. The Balaban J connectivity index is 1.48. The van der Waals surface area contributed by atoms with E-state index < -0.39 is 0 Å². The predicted molar refractivity (Wildman–Crippen MR) is 178 cm³/mol. The normalized spacial score (nSPS) is 12.3. The maximum absolute atomic E-state index is 7.07.